The lowest BCUT2D eigenvalue weighted by Gasteiger charge is -2.26. The molecule has 1 amide bonds. The van der Waals surface area contributed by atoms with Crippen molar-refractivity contribution in [2.24, 2.45) is 0 Å². The highest BCUT2D eigenvalue weighted by atomic mass is 16.5. The average molecular weight is 407 g/mol. The molecule has 0 radical (unpaired) electrons. The molecule has 3 aromatic rings. The fourth-order valence-electron chi connectivity index (χ4n) is 3.93. The molecule has 0 spiro atoms. The molecule has 0 aliphatic carbocycles. The molecule has 0 bridgehead atoms. The number of amides is 1. The zero-order valence-corrected chi connectivity index (χ0v) is 18.1. The molecule has 3 heterocycles. The summed E-state index contributed by atoms with van der Waals surface area (Å²) in [6.07, 6.45) is 2.30. The van der Waals surface area contributed by atoms with Crippen LogP contribution in [0.1, 0.15) is 22.4 Å². The highest BCUT2D eigenvalue weighted by Crippen LogP contribution is 2.27. The topological polar surface area (TPSA) is 58.9 Å². The molecule has 1 fully saturated rings. The van der Waals surface area contributed by atoms with E-state index in [-0.39, 0.29) is 5.91 Å². The van der Waals surface area contributed by atoms with Crippen LogP contribution >= 0.6 is 0 Å². The third-order valence-electron chi connectivity index (χ3n) is 5.91. The number of carbonyl (C=O) groups excluding carboxylic acids is 1. The summed E-state index contributed by atoms with van der Waals surface area (Å²) in [6, 6.07) is 10.4. The molecule has 0 atom stereocenters. The van der Waals surface area contributed by atoms with E-state index >= 15 is 0 Å². The van der Waals surface area contributed by atoms with Crippen LogP contribution in [0, 0.1) is 20.8 Å². The lowest BCUT2D eigenvalue weighted by molar-refractivity contribution is -0.120. The van der Waals surface area contributed by atoms with Gasteiger partial charge in [-0.3, -0.25) is 9.69 Å². The maximum atomic E-state index is 12.8. The molecule has 4 rings (SSSR count). The van der Waals surface area contributed by atoms with E-state index in [1.54, 1.807) is 0 Å². The minimum absolute atomic E-state index is 0.0247. The van der Waals surface area contributed by atoms with Crippen LogP contribution in [0.5, 0.6) is 0 Å². The quantitative estimate of drug-likeness (QED) is 0.684. The molecule has 6 nitrogen and oxygen atoms in total. The molecule has 0 saturated carbocycles. The number of fused-ring (bicyclic) bond motifs is 1. The van der Waals surface area contributed by atoms with Gasteiger partial charge >= 0.3 is 0 Å². The van der Waals surface area contributed by atoms with Gasteiger partial charge in [0.15, 0.2) is 0 Å². The SMILES string of the molecule is Cc1ccc(-c2nc3c(C)cccn3c2CC(=O)NCCN2CCOCC2)cc1C. The van der Waals surface area contributed by atoms with Crippen molar-refractivity contribution >= 4 is 11.6 Å². The zero-order valence-electron chi connectivity index (χ0n) is 18.1. The third-order valence-corrected chi connectivity index (χ3v) is 5.91. The predicted octanol–water partition coefficient (Wildman–Crippen LogP) is 2.92. The summed E-state index contributed by atoms with van der Waals surface area (Å²) in [4.78, 5) is 20.0. The Morgan fingerprint density at radius 2 is 1.90 bits per heavy atom. The molecule has 1 N–H and O–H groups in total. The Balaban J connectivity index is 1.56. The van der Waals surface area contributed by atoms with E-state index in [1.165, 1.54) is 11.1 Å². The van der Waals surface area contributed by atoms with Crippen molar-refractivity contribution in [3.05, 3.63) is 58.9 Å². The number of ether oxygens (including phenoxy) is 1. The van der Waals surface area contributed by atoms with E-state index in [1.807, 2.05) is 12.3 Å². The van der Waals surface area contributed by atoms with Gasteiger partial charge < -0.3 is 14.5 Å². The molecule has 0 unspecified atom stereocenters. The van der Waals surface area contributed by atoms with Crippen molar-refractivity contribution in [1.29, 1.82) is 0 Å². The Bertz CT molecular complexity index is 1050. The molecule has 6 heteroatoms. The Morgan fingerprint density at radius 1 is 1.10 bits per heavy atom. The van der Waals surface area contributed by atoms with Crippen molar-refractivity contribution in [3.63, 3.8) is 0 Å². The minimum Gasteiger partial charge on any atom is -0.379 e. The van der Waals surface area contributed by atoms with Gasteiger partial charge in [-0.1, -0.05) is 18.2 Å². The summed E-state index contributed by atoms with van der Waals surface area (Å²) in [6.45, 7) is 11.2. The number of hydrogen-bond donors (Lipinski definition) is 1. The van der Waals surface area contributed by atoms with Crippen molar-refractivity contribution in [3.8, 4) is 11.3 Å². The molecule has 1 aliphatic rings. The molecule has 2 aromatic heterocycles. The van der Waals surface area contributed by atoms with Crippen molar-refractivity contribution in [2.75, 3.05) is 39.4 Å². The van der Waals surface area contributed by atoms with Gasteiger partial charge in [-0.15, -0.1) is 0 Å². The summed E-state index contributed by atoms with van der Waals surface area (Å²) in [5.41, 5.74) is 7.35. The van der Waals surface area contributed by atoms with Crippen LogP contribution in [0.15, 0.2) is 36.5 Å². The van der Waals surface area contributed by atoms with Gasteiger partial charge in [0, 0.05) is 37.9 Å². The fraction of sp³-hybridized carbons (Fsp3) is 0.417. The molecular formula is C24H30N4O2. The summed E-state index contributed by atoms with van der Waals surface area (Å²) < 4.78 is 7.44. The van der Waals surface area contributed by atoms with Gasteiger partial charge in [-0.05, 0) is 49.6 Å². The Kier molecular flexibility index (Phi) is 6.16. The Morgan fingerprint density at radius 3 is 2.67 bits per heavy atom. The molecule has 1 aromatic carbocycles. The first-order valence-electron chi connectivity index (χ1n) is 10.6. The maximum absolute atomic E-state index is 12.8. The second kappa shape index (κ2) is 8.98. The van der Waals surface area contributed by atoms with Crippen LogP contribution in [0.4, 0.5) is 0 Å². The van der Waals surface area contributed by atoms with Gasteiger partial charge in [-0.2, -0.15) is 0 Å². The number of aryl methyl sites for hydroxylation is 3. The summed E-state index contributed by atoms with van der Waals surface area (Å²) in [5, 5.41) is 3.08. The maximum Gasteiger partial charge on any atom is 0.226 e. The van der Waals surface area contributed by atoms with E-state index < -0.39 is 0 Å². The second-order valence-electron chi connectivity index (χ2n) is 8.07. The molecule has 1 saturated heterocycles. The van der Waals surface area contributed by atoms with Gasteiger partial charge in [-0.25, -0.2) is 4.98 Å². The highest BCUT2D eigenvalue weighted by molar-refractivity contribution is 5.82. The normalized spacial score (nSPS) is 14.9. The Hall–Kier alpha value is -2.70. The smallest absolute Gasteiger partial charge is 0.226 e. The molecular weight excluding hydrogens is 376 g/mol. The second-order valence-corrected chi connectivity index (χ2v) is 8.07. The van der Waals surface area contributed by atoms with Crippen molar-refractivity contribution < 1.29 is 9.53 Å². The van der Waals surface area contributed by atoms with Crippen molar-refractivity contribution in [2.45, 2.75) is 27.2 Å². The van der Waals surface area contributed by atoms with Crippen LogP contribution in [0.3, 0.4) is 0 Å². The molecule has 30 heavy (non-hydrogen) atoms. The summed E-state index contributed by atoms with van der Waals surface area (Å²) >= 11 is 0. The van der Waals surface area contributed by atoms with Gasteiger partial charge in [0.05, 0.1) is 31.0 Å². The van der Waals surface area contributed by atoms with E-state index in [4.69, 9.17) is 9.72 Å². The number of hydrogen-bond acceptors (Lipinski definition) is 4. The molecule has 158 valence electrons. The minimum atomic E-state index is 0.0247. The van der Waals surface area contributed by atoms with E-state index in [2.05, 4.69) is 59.7 Å². The van der Waals surface area contributed by atoms with Gasteiger partial charge in [0.2, 0.25) is 5.91 Å². The average Bonchev–Trinajstić information content (AvgIpc) is 3.10. The molecule has 1 aliphatic heterocycles. The number of carbonyl (C=O) groups is 1. The van der Waals surface area contributed by atoms with Crippen molar-refractivity contribution in [1.82, 2.24) is 19.6 Å². The lowest BCUT2D eigenvalue weighted by atomic mass is 10.0. The predicted molar refractivity (Wildman–Crippen MR) is 119 cm³/mol. The van der Waals surface area contributed by atoms with E-state index in [0.29, 0.717) is 13.0 Å². The van der Waals surface area contributed by atoms with Crippen LogP contribution < -0.4 is 5.32 Å². The first-order chi connectivity index (χ1) is 14.5. The van der Waals surface area contributed by atoms with Crippen LogP contribution in [-0.4, -0.2) is 59.6 Å². The number of benzene rings is 1. The number of nitrogens with one attached hydrogen (secondary N) is 1. The third kappa shape index (κ3) is 4.40. The first kappa shape index (κ1) is 20.6. The van der Waals surface area contributed by atoms with Crippen LogP contribution in [0.25, 0.3) is 16.9 Å². The number of morpholine rings is 1. The number of imidazole rings is 1. The van der Waals surface area contributed by atoms with Gasteiger partial charge in [0.25, 0.3) is 0 Å². The lowest BCUT2D eigenvalue weighted by Crippen LogP contribution is -2.41. The largest absolute Gasteiger partial charge is 0.379 e. The number of pyridine rings is 1. The van der Waals surface area contributed by atoms with E-state index in [0.717, 1.165) is 61.0 Å². The first-order valence-corrected chi connectivity index (χ1v) is 10.6. The fourth-order valence-corrected chi connectivity index (χ4v) is 3.93. The number of rotatable bonds is 6. The standard InChI is InChI=1S/C24H30N4O2/c1-17-6-7-20(15-19(17)3)23-21(28-9-4-5-18(2)24(28)26-23)16-22(29)25-8-10-27-11-13-30-14-12-27/h4-7,9,15H,8,10-14,16H2,1-3H3,(H,25,29). The number of nitrogens with zero attached hydrogens (tertiary/aromatic N) is 3. The van der Waals surface area contributed by atoms with Crippen LogP contribution in [0.2, 0.25) is 0 Å². The number of aromatic nitrogens is 2. The zero-order chi connectivity index (χ0) is 21.1. The van der Waals surface area contributed by atoms with E-state index in [9.17, 15) is 4.79 Å². The highest BCUT2D eigenvalue weighted by Gasteiger charge is 2.18. The van der Waals surface area contributed by atoms with Gasteiger partial charge in [0.1, 0.15) is 5.65 Å². The summed E-state index contributed by atoms with van der Waals surface area (Å²) in [5.74, 6) is 0.0247. The monoisotopic (exact) mass is 406 g/mol. The summed E-state index contributed by atoms with van der Waals surface area (Å²) in [7, 11) is 0. The van der Waals surface area contributed by atoms with Crippen LogP contribution in [-0.2, 0) is 16.0 Å². The Labute approximate surface area is 177 Å².